The van der Waals surface area contributed by atoms with E-state index in [0.717, 1.165) is 0 Å². The number of benzene rings is 1. The van der Waals surface area contributed by atoms with Crippen LogP contribution in [-0.2, 0) is 5.54 Å². The molecule has 0 saturated heterocycles. The highest BCUT2D eigenvalue weighted by Gasteiger charge is 2.16. The third-order valence-corrected chi connectivity index (χ3v) is 2.54. The molecule has 0 saturated carbocycles. The van der Waals surface area contributed by atoms with Crippen LogP contribution in [0.5, 0.6) is 0 Å². The van der Waals surface area contributed by atoms with Gasteiger partial charge in [0.05, 0.1) is 17.4 Å². The van der Waals surface area contributed by atoms with E-state index >= 15 is 0 Å². The third-order valence-electron chi connectivity index (χ3n) is 2.54. The molecule has 0 spiro atoms. The Kier molecular flexibility index (Phi) is 2.22. The summed E-state index contributed by atoms with van der Waals surface area (Å²) in [6, 6.07) is 5.27. The van der Waals surface area contributed by atoms with Gasteiger partial charge in [-0.05, 0) is 32.9 Å². The highest BCUT2D eigenvalue weighted by molar-refractivity contribution is 5.88. The summed E-state index contributed by atoms with van der Waals surface area (Å²) >= 11 is 0. The summed E-state index contributed by atoms with van der Waals surface area (Å²) < 4.78 is 1.62. The lowest BCUT2D eigenvalue weighted by Gasteiger charge is -2.21. The molecule has 0 unspecified atom stereocenters. The summed E-state index contributed by atoms with van der Waals surface area (Å²) in [4.78, 5) is 16.4. The molecule has 0 bridgehead atoms. The highest BCUT2D eigenvalue weighted by Crippen LogP contribution is 2.17. The van der Waals surface area contributed by atoms with Crippen LogP contribution in [0, 0.1) is 0 Å². The predicted molar refractivity (Wildman–Crippen MR) is 65.4 cm³/mol. The van der Waals surface area contributed by atoms with Crippen LogP contribution in [0.15, 0.2) is 29.3 Å². The van der Waals surface area contributed by atoms with E-state index in [0.29, 0.717) is 16.6 Å². The zero-order valence-corrected chi connectivity index (χ0v) is 9.69. The molecule has 2 N–H and O–H groups in total. The summed E-state index contributed by atoms with van der Waals surface area (Å²) in [6.45, 7) is 5.90. The molecule has 2 aromatic rings. The molecule has 4 nitrogen and oxygen atoms in total. The summed E-state index contributed by atoms with van der Waals surface area (Å²) in [5.41, 5.74) is 6.56. The SMILES string of the molecule is CC(C)(C)n1cnc2c(N)cccc2c1=O. The zero-order valence-electron chi connectivity index (χ0n) is 9.69. The first-order valence-corrected chi connectivity index (χ1v) is 5.17. The second-order valence-corrected chi connectivity index (χ2v) is 4.83. The summed E-state index contributed by atoms with van der Waals surface area (Å²) in [6.07, 6.45) is 1.56. The van der Waals surface area contributed by atoms with Crippen LogP contribution in [0.25, 0.3) is 10.9 Å². The maximum Gasteiger partial charge on any atom is 0.261 e. The van der Waals surface area contributed by atoms with Crippen molar-refractivity contribution >= 4 is 16.6 Å². The van der Waals surface area contributed by atoms with Gasteiger partial charge in [-0.1, -0.05) is 6.07 Å². The van der Waals surface area contributed by atoms with E-state index in [9.17, 15) is 4.79 Å². The lowest BCUT2D eigenvalue weighted by Crippen LogP contribution is -2.33. The Balaban J connectivity index is 2.87. The Morgan fingerprint density at radius 2 is 2.00 bits per heavy atom. The minimum Gasteiger partial charge on any atom is -0.397 e. The molecule has 0 aliphatic rings. The van der Waals surface area contributed by atoms with Crippen molar-refractivity contribution < 1.29 is 0 Å². The van der Waals surface area contributed by atoms with Crippen LogP contribution in [0.2, 0.25) is 0 Å². The first kappa shape index (κ1) is 10.7. The Morgan fingerprint density at radius 1 is 1.31 bits per heavy atom. The number of hydrogen-bond donors (Lipinski definition) is 1. The van der Waals surface area contributed by atoms with Crippen molar-refractivity contribution in [2.75, 3.05) is 5.73 Å². The summed E-state index contributed by atoms with van der Waals surface area (Å²) in [5, 5.41) is 0.567. The maximum atomic E-state index is 12.2. The Morgan fingerprint density at radius 3 is 2.62 bits per heavy atom. The van der Waals surface area contributed by atoms with E-state index in [2.05, 4.69) is 4.98 Å². The molecular formula is C12H15N3O. The maximum absolute atomic E-state index is 12.2. The Hall–Kier alpha value is -1.84. The lowest BCUT2D eigenvalue weighted by molar-refractivity contribution is 0.382. The molecule has 0 aliphatic heterocycles. The van der Waals surface area contributed by atoms with Crippen LogP contribution in [0.4, 0.5) is 5.69 Å². The topological polar surface area (TPSA) is 60.9 Å². The molecule has 4 heteroatoms. The van der Waals surface area contributed by atoms with Crippen molar-refractivity contribution in [3.8, 4) is 0 Å². The van der Waals surface area contributed by atoms with E-state index in [-0.39, 0.29) is 11.1 Å². The van der Waals surface area contributed by atoms with Crippen molar-refractivity contribution in [3.63, 3.8) is 0 Å². The fourth-order valence-corrected chi connectivity index (χ4v) is 1.65. The minimum atomic E-state index is -0.275. The summed E-state index contributed by atoms with van der Waals surface area (Å²) in [5.74, 6) is 0. The monoisotopic (exact) mass is 217 g/mol. The zero-order chi connectivity index (χ0) is 11.9. The number of rotatable bonds is 0. The highest BCUT2D eigenvalue weighted by atomic mass is 16.1. The van der Waals surface area contributed by atoms with Crippen LogP contribution >= 0.6 is 0 Å². The molecular weight excluding hydrogens is 202 g/mol. The molecule has 1 aromatic carbocycles. The van der Waals surface area contributed by atoms with Crippen LogP contribution in [0.3, 0.4) is 0 Å². The Bertz CT molecular complexity index is 593. The second-order valence-electron chi connectivity index (χ2n) is 4.83. The smallest absolute Gasteiger partial charge is 0.261 e. The van der Waals surface area contributed by atoms with Crippen LogP contribution in [-0.4, -0.2) is 9.55 Å². The molecule has 0 fully saturated rings. The minimum absolute atomic E-state index is 0.0511. The van der Waals surface area contributed by atoms with Crippen molar-refractivity contribution in [1.82, 2.24) is 9.55 Å². The van der Waals surface area contributed by atoms with Gasteiger partial charge in [0.1, 0.15) is 5.52 Å². The van der Waals surface area contributed by atoms with E-state index in [1.807, 2.05) is 20.8 Å². The van der Waals surface area contributed by atoms with Gasteiger partial charge in [0.2, 0.25) is 0 Å². The fraction of sp³-hybridized carbons (Fsp3) is 0.333. The van der Waals surface area contributed by atoms with Gasteiger partial charge in [-0.3, -0.25) is 9.36 Å². The predicted octanol–water partition coefficient (Wildman–Crippen LogP) is 1.73. The molecule has 84 valence electrons. The van der Waals surface area contributed by atoms with Gasteiger partial charge in [-0.25, -0.2) is 4.98 Å². The molecule has 1 heterocycles. The van der Waals surface area contributed by atoms with Crippen LogP contribution in [0.1, 0.15) is 20.8 Å². The number of anilines is 1. The van der Waals surface area contributed by atoms with Gasteiger partial charge in [0.15, 0.2) is 0 Å². The fourth-order valence-electron chi connectivity index (χ4n) is 1.65. The number of nitrogen functional groups attached to an aromatic ring is 1. The number of nitrogens with zero attached hydrogens (tertiary/aromatic N) is 2. The average molecular weight is 217 g/mol. The largest absolute Gasteiger partial charge is 0.397 e. The van der Waals surface area contributed by atoms with E-state index in [1.54, 1.807) is 29.1 Å². The molecule has 2 rings (SSSR count). The molecule has 0 amide bonds. The first-order valence-electron chi connectivity index (χ1n) is 5.17. The number of para-hydroxylation sites is 1. The van der Waals surface area contributed by atoms with Crippen molar-refractivity contribution in [2.24, 2.45) is 0 Å². The summed E-state index contributed by atoms with van der Waals surface area (Å²) in [7, 11) is 0. The first-order chi connectivity index (χ1) is 7.41. The molecule has 0 radical (unpaired) electrons. The number of fused-ring (bicyclic) bond motifs is 1. The number of aromatic nitrogens is 2. The van der Waals surface area contributed by atoms with Crippen molar-refractivity contribution in [3.05, 3.63) is 34.9 Å². The van der Waals surface area contributed by atoms with Crippen molar-refractivity contribution in [1.29, 1.82) is 0 Å². The second kappa shape index (κ2) is 3.33. The molecule has 1 aromatic heterocycles. The number of nitrogens with two attached hydrogens (primary N) is 1. The normalized spacial score (nSPS) is 11.9. The van der Waals surface area contributed by atoms with Gasteiger partial charge in [0.25, 0.3) is 5.56 Å². The van der Waals surface area contributed by atoms with Gasteiger partial charge in [-0.15, -0.1) is 0 Å². The molecule has 16 heavy (non-hydrogen) atoms. The lowest BCUT2D eigenvalue weighted by atomic mass is 10.1. The van der Waals surface area contributed by atoms with E-state index < -0.39 is 0 Å². The molecule has 0 aliphatic carbocycles. The van der Waals surface area contributed by atoms with Gasteiger partial charge in [0, 0.05) is 5.54 Å². The van der Waals surface area contributed by atoms with Crippen molar-refractivity contribution in [2.45, 2.75) is 26.3 Å². The Labute approximate surface area is 93.7 Å². The van der Waals surface area contributed by atoms with E-state index in [4.69, 9.17) is 5.73 Å². The van der Waals surface area contributed by atoms with Gasteiger partial charge in [-0.2, -0.15) is 0 Å². The van der Waals surface area contributed by atoms with E-state index in [1.165, 1.54) is 0 Å². The molecule has 0 atom stereocenters. The van der Waals surface area contributed by atoms with Gasteiger partial charge >= 0.3 is 0 Å². The quantitative estimate of drug-likeness (QED) is 0.684. The standard InChI is InChI=1S/C12H15N3O/c1-12(2,3)15-7-14-10-8(11(15)16)5-4-6-9(10)13/h4-7H,13H2,1-3H3. The number of hydrogen-bond acceptors (Lipinski definition) is 3. The third kappa shape index (κ3) is 1.56. The average Bonchev–Trinajstić information content (AvgIpc) is 2.18. The van der Waals surface area contributed by atoms with Gasteiger partial charge < -0.3 is 5.73 Å². The van der Waals surface area contributed by atoms with Crippen LogP contribution < -0.4 is 11.3 Å².